The largest absolute Gasteiger partial charge is 0.443 e. The number of ether oxygens (including phenoxy) is 4. The maximum absolute atomic E-state index is 14.2. The summed E-state index contributed by atoms with van der Waals surface area (Å²) >= 11 is 12.1. The Kier molecular flexibility index (Phi) is 9.16. The molecule has 1 unspecified atom stereocenters. The van der Waals surface area contributed by atoms with E-state index in [-0.39, 0.29) is 23.3 Å². The fourth-order valence-corrected chi connectivity index (χ4v) is 5.63. The fourth-order valence-electron chi connectivity index (χ4n) is 5.04. The lowest BCUT2D eigenvalue weighted by Crippen LogP contribution is -2.66. The van der Waals surface area contributed by atoms with Crippen molar-refractivity contribution < 1.29 is 42.0 Å². The van der Waals surface area contributed by atoms with Crippen LogP contribution in [-0.4, -0.2) is 62.5 Å². The molecular formula is C28H30Cl2F3N5O6. The van der Waals surface area contributed by atoms with Crippen LogP contribution in [0.2, 0.25) is 10.0 Å². The van der Waals surface area contributed by atoms with Crippen LogP contribution in [0.15, 0.2) is 42.5 Å². The number of carbonyl (C=O) groups is 1. The topological polar surface area (TPSA) is 129 Å². The van der Waals surface area contributed by atoms with Gasteiger partial charge in [-0.1, -0.05) is 53.5 Å². The van der Waals surface area contributed by atoms with Crippen molar-refractivity contribution in [3.63, 3.8) is 0 Å². The minimum absolute atomic E-state index is 0.0258. The molecule has 11 nitrogen and oxygen atoms in total. The molecule has 2 aliphatic heterocycles. The van der Waals surface area contributed by atoms with Crippen molar-refractivity contribution in [1.82, 2.24) is 25.6 Å². The van der Waals surface area contributed by atoms with Crippen LogP contribution in [0.1, 0.15) is 55.9 Å². The van der Waals surface area contributed by atoms with Crippen molar-refractivity contribution in [2.45, 2.75) is 76.2 Å². The standard InChI is InChI=1S/C28H30Cl2F3N5O6/c1-13-34-24(38(37-13)17-11-15(29)10-16(30)19(17)28(31,32)33)23-21(39)20(35-36-26(40)44-27(2,3)4)22-18(42-23)12-41-25(43-22)14-8-6-5-7-9-14/h5-11,18,20-23,25,35,39H,12H2,1-4H3,(H,36,40)/t18-,20-,21-,22+,23-,25?/m1/s1. The zero-order chi connectivity index (χ0) is 32.0. The number of amides is 1. The molecule has 0 radical (unpaired) electrons. The van der Waals surface area contributed by atoms with Crippen LogP contribution in [-0.2, 0) is 25.1 Å². The minimum atomic E-state index is -4.88. The number of benzene rings is 2. The summed E-state index contributed by atoms with van der Waals surface area (Å²) in [6.07, 6.45) is -11.2. The van der Waals surface area contributed by atoms with E-state index in [0.717, 1.165) is 16.8 Å². The van der Waals surface area contributed by atoms with Gasteiger partial charge in [-0.05, 0) is 39.8 Å². The van der Waals surface area contributed by atoms with Gasteiger partial charge in [-0.2, -0.15) is 18.3 Å². The van der Waals surface area contributed by atoms with E-state index in [1.54, 1.807) is 32.9 Å². The molecule has 3 N–H and O–H groups in total. The molecule has 5 rings (SSSR count). The highest BCUT2D eigenvalue weighted by Crippen LogP contribution is 2.43. The second-order valence-electron chi connectivity index (χ2n) is 11.3. The van der Waals surface area contributed by atoms with Gasteiger partial charge in [0.15, 0.2) is 12.1 Å². The van der Waals surface area contributed by atoms with Crippen molar-refractivity contribution in [2.24, 2.45) is 0 Å². The average Bonchev–Trinajstić information content (AvgIpc) is 3.31. The number of aromatic nitrogens is 3. The van der Waals surface area contributed by atoms with Crippen molar-refractivity contribution in [3.05, 3.63) is 75.3 Å². The molecule has 0 spiro atoms. The monoisotopic (exact) mass is 659 g/mol. The molecule has 0 saturated carbocycles. The van der Waals surface area contributed by atoms with Gasteiger partial charge in [0, 0.05) is 10.6 Å². The highest BCUT2D eigenvalue weighted by Gasteiger charge is 2.52. The lowest BCUT2D eigenvalue weighted by molar-refractivity contribution is -0.313. The summed E-state index contributed by atoms with van der Waals surface area (Å²) in [5, 5.41) is 15.1. The van der Waals surface area contributed by atoms with Crippen LogP contribution >= 0.6 is 23.2 Å². The number of aliphatic hydroxyl groups is 1. The molecular weight excluding hydrogens is 630 g/mol. The lowest BCUT2D eigenvalue weighted by Gasteiger charge is -2.48. The highest BCUT2D eigenvalue weighted by molar-refractivity contribution is 6.35. The maximum Gasteiger partial charge on any atom is 0.422 e. The van der Waals surface area contributed by atoms with Crippen molar-refractivity contribution in [1.29, 1.82) is 0 Å². The Hall–Kier alpha value is -2.98. The molecule has 3 heterocycles. The average molecular weight is 660 g/mol. The number of hydrazine groups is 1. The van der Waals surface area contributed by atoms with Gasteiger partial charge in [-0.3, -0.25) is 5.43 Å². The molecule has 3 aromatic rings. The second kappa shape index (κ2) is 12.4. The first kappa shape index (κ1) is 32.4. The molecule has 2 saturated heterocycles. The number of hydrogen-bond acceptors (Lipinski definition) is 9. The molecule has 1 amide bonds. The summed E-state index contributed by atoms with van der Waals surface area (Å²) in [6.45, 7) is 6.48. The number of halogens is 5. The van der Waals surface area contributed by atoms with Gasteiger partial charge in [-0.15, -0.1) is 0 Å². The number of nitrogens with zero attached hydrogens (tertiary/aromatic N) is 3. The molecule has 2 aromatic carbocycles. The third-order valence-corrected chi connectivity index (χ3v) is 7.28. The van der Waals surface area contributed by atoms with E-state index < -0.39 is 70.9 Å². The van der Waals surface area contributed by atoms with E-state index in [9.17, 15) is 23.1 Å². The number of fused-ring (bicyclic) bond motifs is 1. The molecule has 0 bridgehead atoms. The Balaban J connectivity index is 1.52. The first-order valence-electron chi connectivity index (χ1n) is 13.5. The van der Waals surface area contributed by atoms with Crippen LogP contribution in [0.4, 0.5) is 18.0 Å². The summed E-state index contributed by atoms with van der Waals surface area (Å²) in [4.78, 5) is 16.8. The molecule has 0 aliphatic carbocycles. The lowest BCUT2D eigenvalue weighted by atomic mass is 9.91. The molecule has 44 heavy (non-hydrogen) atoms. The number of alkyl halides is 3. The Morgan fingerprint density at radius 2 is 1.84 bits per heavy atom. The van der Waals surface area contributed by atoms with Crippen molar-refractivity contribution in [2.75, 3.05) is 6.61 Å². The van der Waals surface area contributed by atoms with Gasteiger partial charge in [0.05, 0.1) is 28.9 Å². The second-order valence-corrected chi connectivity index (χ2v) is 12.1. The van der Waals surface area contributed by atoms with Crippen molar-refractivity contribution >= 4 is 29.3 Å². The van der Waals surface area contributed by atoms with E-state index in [4.69, 9.17) is 42.1 Å². The van der Waals surface area contributed by atoms with E-state index in [0.29, 0.717) is 5.56 Å². The number of aryl methyl sites for hydroxylation is 1. The molecule has 16 heteroatoms. The Labute approximate surface area is 260 Å². The molecule has 2 fully saturated rings. The summed E-state index contributed by atoms with van der Waals surface area (Å²) in [5.74, 6) is -0.0923. The normalized spacial score (nSPS) is 25.8. The van der Waals surface area contributed by atoms with Gasteiger partial charge in [0.2, 0.25) is 0 Å². The smallest absolute Gasteiger partial charge is 0.422 e. The molecule has 6 atom stereocenters. The number of aliphatic hydroxyl groups excluding tert-OH is 1. The van der Waals surface area contributed by atoms with E-state index in [1.807, 2.05) is 18.2 Å². The summed E-state index contributed by atoms with van der Waals surface area (Å²) < 4.78 is 67.0. The third kappa shape index (κ3) is 6.96. The summed E-state index contributed by atoms with van der Waals surface area (Å²) in [7, 11) is 0. The predicted octanol–water partition coefficient (Wildman–Crippen LogP) is 5.21. The van der Waals surface area contributed by atoms with Crippen LogP contribution in [0.5, 0.6) is 0 Å². The first-order valence-corrected chi connectivity index (χ1v) is 14.3. The van der Waals surface area contributed by atoms with Crippen LogP contribution < -0.4 is 10.9 Å². The zero-order valence-corrected chi connectivity index (χ0v) is 25.4. The van der Waals surface area contributed by atoms with E-state index in [1.165, 1.54) is 6.92 Å². The Morgan fingerprint density at radius 3 is 2.50 bits per heavy atom. The van der Waals surface area contributed by atoms with Crippen LogP contribution in [0.25, 0.3) is 5.69 Å². The van der Waals surface area contributed by atoms with Crippen molar-refractivity contribution in [3.8, 4) is 5.69 Å². The van der Waals surface area contributed by atoms with Gasteiger partial charge >= 0.3 is 12.3 Å². The van der Waals surface area contributed by atoms with Gasteiger partial charge in [0.25, 0.3) is 0 Å². The SMILES string of the molecule is Cc1nc([C@@H]2O[C@@H]3COC(c4ccccc4)O[C@@H]3[C@H](NNC(=O)OC(C)(C)C)[C@H]2O)n(-c2cc(Cl)cc(Cl)c2C(F)(F)F)n1. The third-order valence-electron chi connectivity index (χ3n) is 6.76. The highest BCUT2D eigenvalue weighted by atomic mass is 35.5. The zero-order valence-electron chi connectivity index (χ0n) is 23.9. The minimum Gasteiger partial charge on any atom is -0.443 e. The quantitative estimate of drug-likeness (QED) is 0.316. The van der Waals surface area contributed by atoms with Gasteiger partial charge < -0.3 is 24.1 Å². The van der Waals surface area contributed by atoms with Gasteiger partial charge in [0.1, 0.15) is 35.8 Å². The summed E-state index contributed by atoms with van der Waals surface area (Å²) in [6, 6.07) is 9.98. The molecule has 2 aliphatic rings. The van der Waals surface area contributed by atoms with Crippen LogP contribution in [0.3, 0.4) is 0 Å². The van der Waals surface area contributed by atoms with E-state index in [2.05, 4.69) is 20.9 Å². The number of hydrogen-bond donors (Lipinski definition) is 3. The predicted molar refractivity (Wildman–Crippen MR) is 151 cm³/mol. The van der Waals surface area contributed by atoms with E-state index >= 15 is 0 Å². The van der Waals surface area contributed by atoms with Gasteiger partial charge in [-0.25, -0.2) is 19.9 Å². The number of carbonyl (C=O) groups excluding carboxylic acids is 1. The Morgan fingerprint density at radius 1 is 1.14 bits per heavy atom. The maximum atomic E-state index is 14.2. The van der Waals surface area contributed by atoms with Crippen LogP contribution in [0, 0.1) is 6.92 Å². The first-order chi connectivity index (χ1) is 20.6. The fraction of sp³-hybridized carbons (Fsp3) is 0.464. The Bertz CT molecular complexity index is 1500. The summed E-state index contributed by atoms with van der Waals surface area (Å²) in [5.41, 5.74) is 3.36. The number of rotatable bonds is 5. The number of nitrogens with one attached hydrogen (secondary N) is 2. The molecule has 238 valence electrons. The molecule has 1 aromatic heterocycles.